The average molecular weight is 347 g/mol. The van der Waals surface area contributed by atoms with Crippen LogP contribution in [0.2, 0.25) is 0 Å². The summed E-state index contributed by atoms with van der Waals surface area (Å²) in [5, 5.41) is 0. The van der Waals surface area contributed by atoms with Crippen molar-refractivity contribution in [1.29, 1.82) is 0 Å². The molecule has 0 aliphatic rings. The number of rotatable bonds is 5. The lowest BCUT2D eigenvalue weighted by molar-refractivity contribution is 0.0792. The van der Waals surface area contributed by atoms with Gasteiger partial charge in [-0.15, -0.1) is 0 Å². The van der Waals surface area contributed by atoms with Crippen LogP contribution in [-0.4, -0.2) is 24.4 Å². The van der Waals surface area contributed by atoms with Gasteiger partial charge in [0.05, 0.1) is 5.56 Å². The number of nitrogens with two attached hydrogens (primary N) is 1. The number of carbonyl (C=O) groups is 1. The Kier molecular flexibility index (Phi) is 5.39. The van der Waals surface area contributed by atoms with Crippen LogP contribution >= 0.6 is 15.9 Å². The summed E-state index contributed by atoms with van der Waals surface area (Å²) in [7, 11) is 1.82. The second-order valence-corrected chi connectivity index (χ2v) is 5.91. The van der Waals surface area contributed by atoms with Gasteiger partial charge in [0.15, 0.2) is 0 Å². The first kappa shape index (κ1) is 15.6. The number of hydrogen-bond donors (Lipinski definition) is 1. The standard InChI is InChI=1S/C17H19BrN2O/c1-20(11-5-8-13-6-3-2-4-7-13)17(21)15-12-14(19)9-10-16(15)18/h2-4,6-7,9-10,12H,5,8,11,19H2,1H3. The molecule has 0 spiro atoms. The summed E-state index contributed by atoms with van der Waals surface area (Å²) in [6.45, 7) is 0.717. The van der Waals surface area contributed by atoms with Gasteiger partial charge in [-0.3, -0.25) is 4.79 Å². The van der Waals surface area contributed by atoms with E-state index in [1.54, 1.807) is 23.1 Å². The summed E-state index contributed by atoms with van der Waals surface area (Å²) < 4.78 is 0.775. The van der Waals surface area contributed by atoms with Gasteiger partial charge in [-0.2, -0.15) is 0 Å². The van der Waals surface area contributed by atoms with E-state index in [2.05, 4.69) is 28.1 Å². The van der Waals surface area contributed by atoms with Crippen LogP contribution in [0.4, 0.5) is 5.69 Å². The predicted octanol–water partition coefficient (Wildman–Crippen LogP) is 3.74. The monoisotopic (exact) mass is 346 g/mol. The maximum Gasteiger partial charge on any atom is 0.254 e. The average Bonchev–Trinajstić information content (AvgIpc) is 2.50. The molecule has 2 aromatic rings. The molecule has 0 fully saturated rings. The molecule has 0 radical (unpaired) electrons. The van der Waals surface area contributed by atoms with Gasteiger partial charge in [0.2, 0.25) is 0 Å². The number of nitrogens with zero attached hydrogens (tertiary/aromatic N) is 1. The van der Waals surface area contributed by atoms with Gasteiger partial charge >= 0.3 is 0 Å². The van der Waals surface area contributed by atoms with E-state index in [9.17, 15) is 4.79 Å². The van der Waals surface area contributed by atoms with E-state index in [1.807, 2.05) is 25.2 Å². The zero-order valence-electron chi connectivity index (χ0n) is 12.1. The Morgan fingerprint density at radius 2 is 1.90 bits per heavy atom. The van der Waals surface area contributed by atoms with Crippen LogP contribution < -0.4 is 5.73 Å². The highest BCUT2D eigenvalue weighted by Crippen LogP contribution is 2.21. The number of carbonyl (C=O) groups excluding carboxylic acids is 1. The second-order valence-electron chi connectivity index (χ2n) is 5.06. The van der Waals surface area contributed by atoms with E-state index in [4.69, 9.17) is 5.73 Å². The molecule has 2 N–H and O–H groups in total. The minimum atomic E-state index is -0.0118. The fourth-order valence-electron chi connectivity index (χ4n) is 2.18. The van der Waals surface area contributed by atoms with E-state index in [-0.39, 0.29) is 5.91 Å². The number of anilines is 1. The molecule has 0 heterocycles. The molecule has 21 heavy (non-hydrogen) atoms. The highest BCUT2D eigenvalue weighted by Gasteiger charge is 2.14. The lowest BCUT2D eigenvalue weighted by Crippen LogP contribution is -2.28. The molecule has 1 amide bonds. The Morgan fingerprint density at radius 3 is 2.62 bits per heavy atom. The van der Waals surface area contributed by atoms with Crippen LogP contribution in [-0.2, 0) is 6.42 Å². The van der Waals surface area contributed by atoms with E-state index in [0.717, 1.165) is 23.9 Å². The first-order valence-corrected chi connectivity index (χ1v) is 7.71. The molecule has 0 unspecified atom stereocenters. The van der Waals surface area contributed by atoms with Crippen molar-refractivity contribution in [3.05, 3.63) is 64.1 Å². The third-order valence-electron chi connectivity index (χ3n) is 3.37. The zero-order chi connectivity index (χ0) is 15.2. The first-order valence-electron chi connectivity index (χ1n) is 6.92. The van der Waals surface area contributed by atoms with Crippen molar-refractivity contribution in [2.75, 3.05) is 19.3 Å². The lowest BCUT2D eigenvalue weighted by atomic mass is 10.1. The number of amides is 1. The molecule has 0 saturated heterocycles. The van der Waals surface area contributed by atoms with Crippen molar-refractivity contribution in [2.45, 2.75) is 12.8 Å². The summed E-state index contributed by atoms with van der Waals surface area (Å²) in [6.07, 6.45) is 1.91. The van der Waals surface area contributed by atoms with Crippen LogP contribution in [0.3, 0.4) is 0 Å². The summed E-state index contributed by atoms with van der Waals surface area (Å²) in [6, 6.07) is 15.6. The minimum absolute atomic E-state index is 0.0118. The van der Waals surface area contributed by atoms with Crippen LogP contribution in [0.25, 0.3) is 0 Å². The molecular formula is C17H19BrN2O. The highest BCUT2D eigenvalue weighted by molar-refractivity contribution is 9.10. The smallest absolute Gasteiger partial charge is 0.254 e. The zero-order valence-corrected chi connectivity index (χ0v) is 13.6. The Balaban J connectivity index is 1.92. The second kappa shape index (κ2) is 7.27. The summed E-state index contributed by atoms with van der Waals surface area (Å²) in [5.41, 5.74) is 8.25. The summed E-state index contributed by atoms with van der Waals surface area (Å²) >= 11 is 3.40. The lowest BCUT2D eigenvalue weighted by Gasteiger charge is -2.18. The third-order valence-corrected chi connectivity index (χ3v) is 4.06. The van der Waals surface area contributed by atoms with Crippen molar-refractivity contribution in [2.24, 2.45) is 0 Å². The molecule has 0 saturated carbocycles. The van der Waals surface area contributed by atoms with Crippen LogP contribution in [0.5, 0.6) is 0 Å². The van der Waals surface area contributed by atoms with Gasteiger partial charge in [-0.25, -0.2) is 0 Å². The molecule has 0 aromatic heterocycles. The van der Waals surface area contributed by atoms with Gasteiger partial charge in [-0.1, -0.05) is 30.3 Å². The van der Waals surface area contributed by atoms with Crippen molar-refractivity contribution >= 4 is 27.5 Å². The molecule has 4 heteroatoms. The Bertz CT molecular complexity index is 613. The van der Waals surface area contributed by atoms with Crippen LogP contribution in [0.15, 0.2) is 53.0 Å². The normalized spacial score (nSPS) is 10.4. The number of hydrogen-bond acceptors (Lipinski definition) is 2. The quantitative estimate of drug-likeness (QED) is 0.838. The summed E-state index contributed by atoms with van der Waals surface area (Å²) in [4.78, 5) is 14.1. The van der Waals surface area contributed by atoms with Crippen molar-refractivity contribution in [3.63, 3.8) is 0 Å². The molecule has 3 nitrogen and oxygen atoms in total. The first-order chi connectivity index (χ1) is 10.1. The molecule has 110 valence electrons. The molecule has 0 aliphatic carbocycles. The highest BCUT2D eigenvalue weighted by atomic mass is 79.9. The topological polar surface area (TPSA) is 46.3 Å². The molecule has 2 aromatic carbocycles. The fourth-order valence-corrected chi connectivity index (χ4v) is 2.60. The Labute approximate surface area is 133 Å². The number of benzene rings is 2. The van der Waals surface area contributed by atoms with Gasteiger partial charge < -0.3 is 10.6 Å². The van der Waals surface area contributed by atoms with Crippen molar-refractivity contribution in [1.82, 2.24) is 4.90 Å². The van der Waals surface area contributed by atoms with E-state index < -0.39 is 0 Å². The molecular weight excluding hydrogens is 328 g/mol. The number of halogens is 1. The van der Waals surface area contributed by atoms with Gasteiger partial charge in [-0.05, 0) is 52.5 Å². The van der Waals surface area contributed by atoms with Crippen molar-refractivity contribution < 1.29 is 4.79 Å². The van der Waals surface area contributed by atoms with Gasteiger partial charge in [0.25, 0.3) is 5.91 Å². The molecule has 2 rings (SSSR count). The fraction of sp³-hybridized carbons (Fsp3) is 0.235. The maximum absolute atomic E-state index is 12.4. The Morgan fingerprint density at radius 1 is 1.19 bits per heavy atom. The minimum Gasteiger partial charge on any atom is -0.399 e. The molecule has 0 aliphatic heterocycles. The predicted molar refractivity (Wildman–Crippen MR) is 90.3 cm³/mol. The number of nitrogen functional groups attached to an aromatic ring is 1. The summed E-state index contributed by atoms with van der Waals surface area (Å²) in [5.74, 6) is -0.0118. The number of aryl methyl sites for hydroxylation is 1. The molecule has 0 bridgehead atoms. The maximum atomic E-state index is 12.4. The van der Waals surface area contributed by atoms with E-state index in [1.165, 1.54) is 5.56 Å². The van der Waals surface area contributed by atoms with Crippen LogP contribution in [0, 0.1) is 0 Å². The molecule has 0 atom stereocenters. The van der Waals surface area contributed by atoms with Crippen LogP contribution in [0.1, 0.15) is 22.3 Å². The van der Waals surface area contributed by atoms with E-state index in [0.29, 0.717) is 11.3 Å². The van der Waals surface area contributed by atoms with Gasteiger partial charge in [0.1, 0.15) is 0 Å². The third kappa shape index (κ3) is 4.33. The SMILES string of the molecule is CN(CCCc1ccccc1)C(=O)c1cc(N)ccc1Br. The van der Waals surface area contributed by atoms with E-state index >= 15 is 0 Å². The Hall–Kier alpha value is -1.81. The van der Waals surface area contributed by atoms with Gasteiger partial charge in [0, 0.05) is 23.8 Å². The largest absolute Gasteiger partial charge is 0.399 e. The van der Waals surface area contributed by atoms with Crippen molar-refractivity contribution in [3.8, 4) is 0 Å².